The highest BCUT2D eigenvalue weighted by atomic mass is 16.4. The second-order valence-electron chi connectivity index (χ2n) is 5.51. The number of carboxylic acids is 1. The van der Waals surface area contributed by atoms with E-state index in [1.165, 1.54) is 0 Å². The molecule has 118 valence electrons. The van der Waals surface area contributed by atoms with Crippen LogP contribution in [0.15, 0.2) is 18.2 Å². The Hall–Kier alpha value is -2.37. The molecular weight excluding hydrogens is 284 g/mol. The third kappa shape index (κ3) is 3.27. The summed E-state index contributed by atoms with van der Waals surface area (Å²) < 4.78 is 0. The first kappa shape index (κ1) is 16.0. The number of carboxylic acid groups (broad SMARTS) is 1. The van der Waals surface area contributed by atoms with Crippen LogP contribution in [-0.4, -0.2) is 29.4 Å². The first-order valence-electron chi connectivity index (χ1n) is 7.36. The van der Waals surface area contributed by atoms with Crippen molar-refractivity contribution >= 4 is 23.5 Å². The predicted octanol–water partition coefficient (Wildman–Crippen LogP) is 1.79. The molecule has 0 heterocycles. The molecule has 0 radical (unpaired) electrons. The summed E-state index contributed by atoms with van der Waals surface area (Å²) >= 11 is 0. The fourth-order valence-corrected chi connectivity index (χ4v) is 2.50. The lowest BCUT2D eigenvalue weighted by molar-refractivity contribution is -0.151. The van der Waals surface area contributed by atoms with Crippen LogP contribution >= 0.6 is 0 Å². The number of hydrogen-bond acceptors (Lipinski definition) is 3. The van der Waals surface area contributed by atoms with Crippen LogP contribution in [-0.2, 0) is 9.59 Å². The van der Waals surface area contributed by atoms with Crippen LogP contribution in [0.25, 0.3) is 0 Å². The van der Waals surface area contributed by atoms with Crippen LogP contribution in [0.5, 0.6) is 0 Å². The van der Waals surface area contributed by atoms with E-state index in [2.05, 4.69) is 10.6 Å². The van der Waals surface area contributed by atoms with Crippen LogP contribution in [0.2, 0.25) is 0 Å². The highest BCUT2D eigenvalue weighted by molar-refractivity contribution is 5.99. The molecule has 0 aliphatic heterocycles. The van der Waals surface area contributed by atoms with Gasteiger partial charge in [0.05, 0.1) is 11.8 Å². The number of aryl methyl sites for hydroxylation is 1. The Labute approximate surface area is 128 Å². The molecule has 0 aromatic heterocycles. The van der Waals surface area contributed by atoms with Crippen molar-refractivity contribution in [1.29, 1.82) is 0 Å². The van der Waals surface area contributed by atoms with E-state index < -0.39 is 17.8 Å². The highest BCUT2D eigenvalue weighted by Gasteiger charge is 2.41. The molecule has 1 aliphatic rings. The van der Waals surface area contributed by atoms with E-state index in [1.807, 2.05) is 13.8 Å². The Morgan fingerprint density at radius 3 is 2.45 bits per heavy atom. The van der Waals surface area contributed by atoms with Crippen molar-refractivity contribution < 1.29 is 19.5 Å². The van der Waals surface area contributed by atoms with Crippen LogP contribution in [0.4, 0.5) is 5.69 Å². The molecule has 1 aromatic rings. The Morgan fingerprint density at radius 2 is 1.91 bits per heavy atom. The molecule has 2 amide bonds. The molecule has 2 atom stereocenters. The van der Waals surface area contributed by atoms with Crippen LogP contribution in [0, 0.1) is 18.8 Å². The van der Waals surface area contributed by atoms with Crippen LogP contribution < -0.4 is 10.6 Å². The highest BCUT2D eigenvalue weighted by Crippen LogP contribution is 2.35. The number of anilines is 1. The predicted molar refractivity (Wildman–Crippen MR) is 81.7 cm³/mol. The van der Waals surface area contributed by atoms with Gasteiger partial charge >= 0.3 is 5.97 Å². The van der Waals surface area contributed by atoms with Crippen molar-refractivity contribution in [2.24, 2.45) is 11.8 Å². The minimum absolute atomic E-state index is 0.204. The Balaban J connectivity index is 2.12. The lowest BCUT2D eigenvalue weighted by atomic mass is 9.73. The smallest absolute Gasteiger partial charge is 0.307 e. The zero-order valence-corrected chi connectivity index (χ0v) is 12.7. The van der Waals surface area contributed by atoms with Gasteiger partial charge in [0, 0.05) is 17.8 Å². The second-order valence-corrected chi connectivity index (χ2v) is 5.51. The van der Waals surface area contributed by atoms with Gasteiger partial charge in [-0.25, -0.2) is 0 Å². The van der Waals surface area contributed by atoms with Gasteiger partial charge in [0.1, 0.15) is 0 Å². The molecule has 0 spiro atoms. The maximum absolute atomic E-state index is 12.2. The van der Waals surface area contributed by atoms with Crippen molar-refractivity contribution in [3.63, 3.8) is 0 Å². The summed E-state index contributed by atoms with van der Waals surface area (Å²) in [6, 6.07) is 5.07. The summed E-state index contributed by atoms with van der Waals surface area (Å²) in [4.78, 5) is 35.0. The molecule has 0 saturated heterocycles. The summed E-state index contributed by atoms with van der Waals surface area (Å²) in [7, 11) is 0. The third-order valence-corrected chi connectivity index (χ3v) is 4.02. The van der Waals surface area contributed by atoms with Crippen LogP contribution in [0.1, 0.15) is 35.7 Å². The fraction of sp³-hybridized carbons (Fsp3) is 0.438. The average Bonchev–Trinajstić information content (AvgIpc) is 2.39. The monoisotopic (exact) mass is 304 g/mol. The molecule has 2 unspecified atom stereocenters. The zero-order chi connectivity index (χ0) is 16.3. The normalized spacial score (nSPS) is 19.9. The summed E-state index contributed by atoms with van der Waals surface area (Å²) in [5.41, 5.74) is 1.84. The average molecular weight is 304 g/mol. The Kier molecular flexibility index (Phi) is 4.80. The van der Waals surface area contributed by atoms with E-state index in [9.17, 15) is 14.4 Å². The molecule has 3 N–H and O–H groups in total. The molecule has 1 aliphatic carbocycles. The molecule has 22 heavy (non-hydrogen) atoms. The number of amides is 2. The van der Waals surface area contributed by atoms with Gasteiger partial charge < -0.3 is 15.7 Å². The number of benzene rings is 1. The number of carbonyl (C=O) groups is 3. The van der Waals surface area contributed by atoms with Gasteiger partial charge in [-0.05, 0) is 44.4 Å². The van der Waals surface area contributed by atoms with Gasteiger partial charge in [-0.15, -0.1) is 0 Å². The number of aliphatic carboxylic acids is 1. The fourth-order valence-electron chi connectivity index (χ4n) is 2.50. The summed E-state index contributed by atoms with van der Waals surface area (Å²) in [5, 5.41) is 14.5. The van der Waals surface area contributed by atoms with E-state index in [-0.39, 0.29) is 11.8 Å². The van der Waals surface area contributed by atoms with Gasteiger partial charge in [0.2, 0.25) is 5.91 Å². The standard InChI is InChI=1S/C16H20N2O4/c1-3-17-14(19)10-5-4-9(2)13(8-10)18-15(20)11-6-7-12(11)16(21)22/h4-5,8,11-12H,3,6-7H2,1-2H3,(H,17,19)(H,18,20)(H,21,22). The van der Waals surface area contributed by atoms with Gasteiger partial charge in [0.15, 0.2) is 0 Å². The molecule has 1 saturated carbocycles. The van der Waals surface area contributed by atoms with Gasteiger partial charge in [-0.3, -0.25) is 14.4 Å². The molecule has 6 nitrogen and oxygen atoms in total. The van der Waals surface area contributed by atoms with Gasteiger partial charge in [-0.2, -0.15) is 0 Å². The van der Waals surface area contributed by atoms with Crippen molar-refractivity contribution in [3.8, 4) is 0 Å². The van der Waals surface area contributed by atoms with Crippen molar-refractivity contribution in [1.82, 2.24) is 5.32 Å². The Bertz CT molecular complexity index is 612. The van der Waals surface area contributed by atoms with E-state index >= 15 is 0 Å². The largest absolute Gasteiger partial charge is 0.481 e. The first-order chi connectivity index (χ1) is 10.4. The maximum atomic E-state index is 12.2. The van der Waals surface area contributed by atoms with Gasteiger partial charge in [0.25, 0.3) is 5.91 Å². The SMILES string of the molecule is CCNC(=O)c1ccc(C)c(NC(=O)C2CCC2C(=O)O)c1. The van der Waals surface area contributed by atoms with Gasteiger partial charge in [-0.1, -0.05) is 6.07 Å². The molecule has 6 heteroatoms. The number of carbonyl (C=O) groups excluding carboxylic acids is 2. The lowest BCUT2D eigenvalue weighted by Gasteiger charge is -2.32. The van der Waals surface area contributed by atoms with E-state index in [0.29, 0.717) is 30.6 Å². The maximum Gasteiger partial charge on any atom is 0.307 e. The molecule has 0 bridgehead atoms. The molecular formula is C16H20N2O4. The Morgan fingerprint density at radius 1 is 1.23 bits per heavy atom. The third-order valence-electron chi connectivity index (χ3n) is 4.02. The van der Waals surface area contributed by atoms with E-state index in [1.54, 1.807) is 18.2 Å². The number of nitrogens with one attached hydrogen (secondary N) is 2. The number of hydrogen-bond donors (Lipinski definition) is 3. The summed E-state index contributed by atoms with van der Waals surface area (Å²) in [6.45, 7) is 4.18. The second kappa shape index (κ2) is 6.60. The zero-order valence-electron chi connectivity index (χ0n) is 12.7. The van der Waals surface area contributed by atoms with Crippen molar-refractivity contribution in [2.75, 3.05) is 11.9 Å². The minimum Gasteiger partial charge on any atom is -0.481 e. The van der Waals surface area contributed by atoms with Crippen LogP contribution in [0.3, 0.4) is 0 Å². The van der Waals surface area contributed by atoms with Crippen molar-refractivity contribution in [2.45, 2.75) is 26.7 Å². The quantitative estimate of drug-likeness (QED) is 0.773. The minimum atomic E-state index is -0.931. The van der Waals surface area contributed by atoms with Crippen molar-refractivity contribution in [3.05, 3.63) is 29.3 Å². The number of rotatable bonds is 5. The molecule has 1 fully saturated rings. The lowest BCUT2D eigenvalue weighted by Crippen LogP contribution is -2.41. The topological polar surface area (TPSA) is 95.5 Å². The molecule has 2 rings (SSSR count). The molecule has 1 aromatic carbocycles. The van der Waals surface area contributed by atoms with E-state index in [4.69, 9.17) is 5.11 Å². The van der Waals surface area contributed by atoms with E-state index in [0.717, 1.165) is 5.56 Å². The summed E-state index contributed by atoms with van der Waals surface area (Å²) in [5.74, 6) is -2.53. The first-order valence-corrected chi connectivity index (χ1v) is 7.36. The summed E-state index contributed by atoms with van der Waals surface area (Å²) in [6.07, 6.45) is 1.11.